The molecule has 0 aliphatic carbocycles. The van der Waals surface area contributed by atoms with Gasteiger partial charge in [-0.05, 0) is 45.2 Å². The highest BCUT2D eigenvalue weighted by atomic mass is 35.5. The van der Waals surface area contributed by atoms with Gasteiger partial charge in [0, 0.05) is 12.1 Å². The van der Waals surface area contributed by atoms with Crippen molar-refractivity contribution in [2.75, 3.05) is 5.43 Å². The lowest BCUT2D eigenvalue weighted by molar-refractivity contribution is 0.0505. The third kappa shape index (κ3) is 2.82. The summed E-state index contributed by atoms with van der Waals surface area (Å²) in [7, 11) is 0. The molecule has 104 valence electrons. The lowest BCUT2D eigenvalue weighted by Gasteiger charge is -2.39. The zero-order chi connectivity index (χ0) is 14.0. The lowest BCUT2D eigenvalue weighted by atomic mass is 9.97. The Morgan fingerprint density at radius 1 is 1.42 bits per heavy atom. The number of piperidine rings is 1. The molecule has 0 radical (unpaired) electrons. The van der Waals surface area contributed by atoms with Crippen LogP contribution in [-0.2, 0) is 0 Å². The Bertz CT molecular complexity index is 470. The van der Waals surface area contributed by atoms with Gasteiger partial charge in [-0.2, -0.15) is 0 Å². The molecular formula is C13H19ClN4O. The van der Waals surface area contributed by atoms with Crippen LogP contribution in [-0.4, -0.2) is 27.9 Å². The van der Waals surface area contributed by atoms with Crippen LogP contribution in [0.4, 0.5) is 5.82 Å². The van der Waals surface area contributed by atoms with Crippen molar-refractivity contribution in [1.82, 2.24) is 9.88 Å². The Hall–Kier alpha value is -1.33. The van der Waals surface area contributed by atoms with Crippen molar-refractivity contribution in [2.24, 2.45) is 5.84 Å². The van der Waals surface area contributed by atoms with Crippen molar-refractivity contribution >= 4 is 23.3 Å². The van der Waals surface area contributed by atoms with E-state index in [0.29, 0.717) is 10.8 Å². The van der Waals surface area contributed by atoms with E-state index in [1.807, 2.05) is 4.90 Å². The molecule has 19 heavy (non-hydrogen) atoms. The molecule has 1 amide bonds. The minimum absolute atomic E-state index is 0.123. The summed E-state index contributed by atoms with van der Waals surface area (Å²) in [6.45, 7) is 4.12. The van der Waals surface area contributed by atoms with Crippen LogP contribution in [0.1, 0.15) is 43.6 Å². The number of carbonyl (C=O) groups excluding carboxylic acids is 1. The van der Waals surface area contributed by atoms with E-state index in [9.17, 15) is 4.79 Å². The number of aromatic nitrogens is 1. The van der Waals surface area contributed by atoms with Gasteiger partial charge in [0.1, 0.15) is 11.5 Å². The summed E-state index contributed by atoms with van der Waals surface area (Å²) in [6.07, 6.45) is 3.18. The van der Waals surface area contributed by atoms with E-state index in [4.69, 9.17) is 17.4 Å². The number of carbonyl (C=O) groups is 1. The van der Waals surface area contributed by atoms with Crippen LogP contribution in [0.25, 0.3) is 0 Å². The second-order valence-electron chi connectivity index (χ2n) is 5.01. The molecule has 0 aromatic carbocycles. The monoisotopic (exact) mass is 282 g/mol. The van der Waals surface area contributed by atoms with Gasteiger partial charge in [-0.15, -0.1) is 0 Å². The molecule has 1 aliphatic heterocycles. The standard InChI is InChI=1S/C13H19ClN4O/c1-8-4-3-5-9(2)18(8)13(19)12-10(14)6-7-11(16-12)17-15/h6-9H,3-5,15H2,1-2H3,(H,16,17)/t8-,9+. The van der Waals surface area contributed by atoms with Gasteiger partial charge < -0.3 is 10.3 Å². The van der Waals surface area contributed by atoms with E-state index < -0.39 is 0 Å². The molecule has 0 unspecified atom stereocenters. The van der Waals surface area contributed by atoms with Crippen LogP contribution in [0.5, 0.6) is 0 Å². The third-order valence-corrected chi connectivity index (χ3v) is 3.93. The van der Waals surface area contributed by atoms with Crippen molar-refractivity contribution in [3.63, 3.8) is 0 Å². The van der Waals surface area contributed by atoms with Gasteiger partial charge in [0.2, 0.25) is 0 Å². The number of likely N-dealkylation sites (tertiary alicyclic amines) is 1. The minimum Gasteiger partial charge on any atom is -0.332 e. The van der Waals surface area contributed by atoms with Crippen molar-refractivity contribution < 1.29 is 4.79 Å². The van der Waals surface area contributed by atoms with Crippen molar-refractivity contribution in [1.29, 1.82) is 0 Å². The summed E-state index contributed by atoms with van der Waals surface area (Å²) in [5.74, 6) is 5.63. The summed E-state index contributed by atoms with van der Waals surface area (Å²) < 4.78 is 0. The fourth-order valence-electron chi connectivity index (χ4n) is 2.62. The summed E-state index contributed by atoms with van der Waals surface area (Å²) in [4.78, 5) is 18.7. The van der Waals surface area contributed by atoms with Crippen molar-refractivity contribution in [3.05, 3.63) is 22.8 Å². The van der Waals surface area contributed by atoms with Gasteiger partial charge in [-0.25, -0.2) is 10.8 Å². The average molecular weight is 283 g/mol. The van der Waals surface area contributed by atoms with E-state index in [-0.39, 0.29) is 23.7 Å². The van der Waals surface area contributed by atoms with Crippen molar-refractivity contribution in [3.8, 4) is 0 Å². The zero-order valence-electron chi connectivity index (χ0n) is 11.2. The van der Waals surface area contributed by atoms with Gasteiger partial charge in [-0.3, -0.25) is 4.79 Å². The maximum absolute atomic E-state index is 12.6. The number of hydrogen-bond acceptors (Lipinski definition) is 4. The van der Waals surface area contributed by atoms with Crippen LogP contribution in [0.2, 0.25) is 5.02 Å². The first-order valence-electron chi connectivity index (χ1n) is 6.50. The Kier molecular flexibility index (Phi) is 4.27. The molecule has 2 heterocycles. The predicted molar refractivity (Wildman–Crippen MR) is 76.0 cm³/mol. The molecule has 2 atom stereocenters. The van der Waals surface area contributed by atoms with Crippen LogP contribution < -0.4 is 11.3 Å². The number of rotatable bonds is 2. The fraction of sp³-hybridized carbons (Fsp3) is 0.538. The number of nitrogens with two attached hydrogens (primary N) is 1. The maximum atomic E-state index is 12.6. The fourth-order valence-corrected chi connectivity index (χ4v) is 2.80. The first kappa shape index (κ1) is 14.1. The van der Waals surface area contributed by atoms with Crippen LogP contribution in [0.3, 0.4) is 0 Å². The molecule has 0 spiro atoms. The number of pyridine rings is 1. The Morgan fingerprint density at radius 2 is 2.05 bits per heavy atom. The quantitative estimate of drug-likeness (QED) is 0.645. The molecule has 1 aliphatic rings. The molecule has 5 nitrogen and oxygen atoms in total. The normalized spacial score (nSPS) is 23.3. The predicted octanol–water partition coefficient (Wildman–Crippen LogP) is 2.42. The number of nitrogen functional groups attached to an aromatic ring is 1. The highest BCUT2D eigenvalue weighted by Crippen LogP contribution is 2.26. The first-order valence-corrected chi connectivity index (χ1v) is 6.88. The van der Waals surface area contributed by atoms with Gasteiger partial charge in [0.05, 0.1) is 5.02 Å². The Labute approximate surface area is 118 Å². The number of amides is 1. The lowest BCUT2D eigenvalue weighted by Crippen LogP contribution is -2.47. The third-order valence-electron chi connectivity index (χ3n) is 3.62. The Balaban J connectivity index is 2.32. The molecule has 0 saturated carbocycles. The number of anilines is 1. The molecule has 2 rings (SSSR count). The molecule has 0 bridgehead atoms. The van der Waals surface area contributed by atoms with E-state index in [1.165, 1.54) is 0 Å². The molecule has 1 aromatic heterocycles. The minimum atomic E-state index is -0.123. The second kappa shape index (κ2) is 5.75. The highest BCUT2D eigenvalue weighted by molar-refractivity contribution is 6.33. The second-order valence-corrected chi connectivity index (χ2v) is 5.42. The van der Waals surface area contributed by atoms with Gasteiger partial charge >= 0.3 is 0 Å². The number of nitrogens with zero attached hydrogens (tertiary/aromatic N) is 2. The van der Waals surface area contributed by atoms with Gasteiger partial charge in [0.15, 0.2) is 0 Å². The SMILES string of the molecule is C[C@@H]1CCC[C@H](C)N1C(=O)c1nc(NN)ccc1Cl. The van der Waals surface area contributed by atoms with E-state index >= 15 is 0 Å². The number of nitrogens with one attached hydrogen (secondary N) is 1. The molecule has 1 fully saturated rings. The summed E-state index contributed by atoms with van der Waals surface area (Å²) in [5.41, 5.74) is 2.70. The van der Waals surface area contributed by atoms with E-state index in [0.717, 1.165) is 19.3 Å². The first-order chi connectivity index (χ1) is 9.04. The smallest absolute Gasteiger partial charge is 0.274 e. The molecule has 3 N–H and O–H groups in total. The van der Waals surface area contributed by atoms with Crippen LogP contribution in [0, 0.1) is 0 Å². The van der Waals surface area contributed by atoms with E-state index in [2.05, 4.69) is 24.3 Å². The summed E-state index contributed by atoms with van der Waals surface area (Å²) in [5, 5.41) is 0.356. The van der Waals surface area contributed by atoms with Crippen LogP contribution in [0.15, 0.2) is 12.1 Å². The summed E-state index contributed by atoms with van der Waals surface area (Å²) in [6, 6.07) is 3.70. The molecule has 1 aromatic rings. The zero-order valence-corrected chi connectivity index (χ0v) is 11.9. The topological polar surface area (TPSA) is 71.2 Å². The van der Waals surface area contributed by atoms with Crippen molar-refractivity contribution in [2.45, 2.75) is 45.2 Å². The molecular weight excluding hydrogens is 264 g/mol. The number of halogens is 1. The van der Waals surface area contributed by atoms with Gasteiger partial charge in [-0.1, -0.05) is 11.6 Å². The highest BCUT2D eigenvalue weighted by Gasteiger charge is 2.31. The Morgan fingerprint density at radius 3 is 2.63 bits per heavy atom. The van der Waals surface area contributed by atoms with Crippen LogP contribution >= 0.6 is 11.6 Å². The molecule has 1 saturated heterocycles. The molecule has 6 heteroatoms. The summed E-state index contributed by atoms with van der Waals surface area (Å²) >= 11 is 6.08. The number of hydrogen-bond donors (Lipinski definition) is 2. The maximum Gasteiger partial charge on any atom is 0.274 e. The van der Waals surface area contributed by atoms with Gasteiger partial charge in [0.25, 0.3) is 5.91 Å². The largest absolute Gasteiger partial charge is 0.332 e. The average Bonchev–Trinajstić information content (AvgIpc) is 2.39. The van der Waals surface area contributed by atoms with E-state index in [1.54, 1.807) is 12.1 Å². The number of hydrazine groups is 1.